The molecular weight excluding hydrogens is 224 g/mol. The molecule has 0 aliphatic heterocycles. The molecule has 0 unspecified atom stereocenters. The molecule has 0 radical (unpaired) electrons. The van der Waals surface area contributed by atoms with Crippen LogP contribution in [-0.4, -0.2) is 9.97 Å². The van der Waals surface area contributed by atoms with Gasteiger partial charge in [-0.05, 0) is 30.8 Å². The van der Waals surface area contributed by atoms with Gasteiger partial charge in [0.05, 0.1) is 6.26 Å². The summed E-state index contributed by atoms with van der Waals surface area (Å²) >= 11 is 4.93. The van der Waals surface area contributed by atoms with Crippen LogP contribution < -0.4 is 5.56 Å². The van der Waals surface area contributed by atoms with E-state index in [1.807, 2.05) is 13.0 Å². The molecule has 2 aromatic rings. The molecule has 2 aromatic heterocycles. The van der Waals surface area contributed by atoms with Crippen LogP contribution >= 0.6 is 12.2 Å². The van der Waals surface area contributed by atoms with Crippen molar-refractivity contribution in [3.8, 4) is 0 Å². The molecule has 0 fully saturated rings. The Morgan fingerprint density at radius 2 is 2.25 bits per heavy atom. The maximum Gasteiger partial charge on any atom is 0.255 e. The van der Waals surface area contributed by atoms with Gasteiger partial charge in [0.1, 0.15) is 5.76 Å². The Bertz CT molecular complexity index is 581. The summed E-state index contributed by atoms with van der Waals surface area (Å²) < 4.78 is 5.60. The fraction of sp³-hybridized carbons (Fsp3) is 0.273. The number of hydrogen-bond acceptors (Lipinski definition) is 3. The molecule has 2 heterocycles. The quantitative estimate of drug-likeness (QED) is 0.803. The van der Waals surface area contributed by atoms with Crippen molar-refractivity contribution in [2.45, 2.75) is 19.8 Å². The number of aromatic amines is 2. The van der Waals surface area contributed by atoms with Gasteiger partial charge in [-0.15, -0.1) is 0 Å². The summed E-state index contributed by atoms with van der Waals surface area (Å²) in [4.78, 5) is 17.3. The van der Waals surface area contributed by atoms with Crippen LogP contribution in [0.4, 0.5) is 0 Å². The molecule has 0 saturated carbocycles. The molecule has 16 heavy (non-hydrogen) atoms. The molecule has 0 bridgehead atoms. The average Bonchev–Trinajstić information content (AvgIpc) is 2.74. The Balaban J connectivity index is 2.47. The Morgan fingerprint density at radius 3 is 2.88 bits per heavy atom. The highest BCUT2D eigenvalue weighted by Crippen LogP contribution is 2.09. The van der Waals surface area contributed by atoms with Crippen LogP contribution in [0.2, 0.25) is 0 Å². The van der Waals surface area contributed by atoms with E-state index in [1.54, 1.807) is 12.3 Å². The summed E-state index contributed by atoms with van der Waals surface area (Å²) in [5.74, 6) is 0.769. The highest BCUT2D eigenvalue weighted by atomic mass is 32.1. The highest BCUT2D eigenvalue weighted by molar-refractivity contribution is 7.71. The van der Waals surface area contributed by atoms with Crippen molar-refractivity contribution in [1.82, 2.24) is 9.97 Å². The average molecular weight is 236 g/mol. The summed E-state index contributed by atoms with van der Waals surface area (Å²) in [5.41, 5.74) is 1.41. The molecule has 0 spiro atoms. The first-order valence-corrected chi connectivity index (χ1v) is 5.48. The molecule has 0 atom stereocenters. The minimum absolute atomic E-state index is 0.142. The third-order valence-corrected chi connectivity index (χ3v) is 2.62. The molecule has 4 nitrogen and oxygen atoms in total. The zero-order chi connectivity index (χ0) is 11.5. The third kappa shape index (κ3) is 2.14. The zero-order valence-electron chi connectivity index (χ0n) is 8.87. The van der Waals surface area contributed by atoms with Crippen molar-refractivity contribution >= 4 is 12.2 Å². The fourth-order valence-corrected chi connectivity index (χ4v) is 1.85. The number of nitrogens with one attached hydrogen (secondary N) is 2. The number of rotatable bonds is 3. The van der Waals surface area contributed by atoms with Crippen LogP contribution in [0.5, 0.6) is 0 Å². The van der Waals surface area contributed by atoms with E-state index >= 15 is 0 Å². The van der Waals surface area contributed by atoms with E-state index in [9.17, 15) is 4.79 Å². The number of aromatic nitrogens is 2. The molecule has 0 aliphatic rings. The lowest BCUT2D eigenvalue weighted by Crippen LogP contribution is -2.17. The monoisotopic (exact) mass is 236 g/mol. The molecule has 0 saturated heterocycles. The number of aryl methyl sites for hydroxylation is 1. The SMILES string of the molecule is CCc1[nH]c(=S)[nH]c(=O)c1Cc1ccco1. The molecule has 0 amide bonds. The Hall–Kier alpha value is -1.62. The maximum atomic E-state index is 11.8. The highest BCUT2D eigenvalue weighted by Gasteiger charge is 2.09. The number of hydrogen-bond donors (Lipinski definition) is 2. The zero-order valence-corrected chi connectivity index (χ0v) is 9.69. The van der Waals surface area contributed by atoms with Crippen molar-refractivity contribution in [3.05, 3.63) is 50.5 Å². The van der Waals surface area contributed by atoms with Gasteiger partial charge >= 0.3 is 0 Å². The van der Waals surface area contributed by atoms with Gasteiger partial charge in [0, 0.05) is 17.7 Å². The minimum Gasteiger partial charge on any atom is -0.469 e. The first-order chi connectivity index (χ1) is 7.70. The third-order valence-electron chi connectivity index (χ3n) is 2.41. The number of H-pyrrole nitrogens is 2. The van der Waals surface area contributed by atoms with Crippen LogP contribution in [0, 0.1) is 4.77 Å². The van der Waals surface area contributed by atoms with Crippen molar-refractivity contribution < 1.29 is 4.42 Å². The summed E-state index contributed by atoms with van der Waals surface area (Å²) in [5, 5.41) is 0. The Morgan fingerprint density at radius 1 is 1.44 bits per heavy atom. The van der Waals surface area contributed by atoms with Gasteiger partial charge in [-0.25, -0.2) is 0 Å². The van der Waals surface area contributed by atoms with Gasteiger partial charge in [-0.3, -0.25) is 9.78 Å². The molecule has 84 valence electrons. The molecular formula is C11H12N2O2S. The van der Waals surface area contributed by atoms with E-state index < -0.39 is 0 Å². The van der Waals surface area contributed by atoms with E-state index in [0.717, 1.165) is 17.9 Å². The van der Waals surface area contributed by atoms with Gasteiger partial charge in [-0.2, -0.15) is 0 Å². The van der Waals surface area contributed by atoms with Crippen molar-refractivity contribution in [2.24, 2.45) is 0 Å². The summed E-state index contributed by atoms with van der Waals surface area (Å²) in [6.45, 7) is 1.98. The first kappa shape index (κ1) is 10.9. The normalized spacial score (nSPS) is 10.6. The topological polar surface area (TPSA) is 61.8 Å². The van der Waals surface area contributed by atoms with E-state index in [0.29, 0.717) is 16.8 Å². The predicted molar refractivity (Wildman–Crippen MR) is 63.1 cm³/mol. The molecule has 0 aliphatic carbocycles. The van der Waals surface area contributed by atoms with E-state index in [2.05, 4.69) is 9.97 Å². The van der Waals surface area contributed by atoms with Crippen LogP contribution in [0.25, 0.3) is 0 Å². The van der Waals surface area contributed by atoms with E-state index in [4.69, 9.17) is 16.6 Å². The van der Waals surface area contributed by atoms with Gasteiger partial charge < -0.3 is 9.40 Å². The standard InChI is InChI=1S/C11H12N2O2S/c1-2-9-8(6-7-4-3-5-15-7)10(14)13-11(16)12-9/h3-5H,2,6H2,1H3,(H2,12,13,14,16). The van der Waals surface area contributed by atoms with Gasteiger partial charge in [0.2, 0.25) is 0 Å². The van der Waals surface area contributed by atoms with Gasteiger partial charge in [0.15, 0.2) is 4.77 Å². The van der Waals surface area contributed by atoms with Crippen molar-refractivity contribution in [3.63, 3.8) is 0 Å². The smallest absolute Gasteiger partial charge is 0.255 e. The maximum absolute atomic E-state index is 11.8. The van der Waals surface area contributed by atoms with Crippen molar-refractivity contribution in [1.29, 1.82) is 0 Å². The Labute approximate surface area is 97.3 Å². The van der Waals surface area contributed by atoms with E-state index in [-0.39, 0.29) is 5.56 Å². The minimum atomic E-state index is -0.142. The molecule has 5 heteroatoms. The Kier molecular flexibility index (Phi) is 3.05. The summed E-state index contributed by atoms with van der Waals surface area (Å²) in [6.07, 6.45) is 2.82. The molecule has 2 N–H and O–H groups in total. The second kappa shape index (κ2) is 4.49. The van der Waals surface area contributed by atoms with Crippen LogP contribution in [0.1, 0.15) is 23.9 Å². The van der Waals surface area contributed by atoms with Gasteiger partial charge in [0.25, 0.3) is 5.56 Å². The largest absolute Gasteiger partial charge is 0.469 e. The summed E-state index contributed by atoms with van der Waals surface area (Å²) in [7, 11) is 0. The first-order valence-electron chi connectivity index (χ1n) is 5.07. The molecule has 0 aromatic carbocycles. The predicted octanol–water partition coefficient (Wildman–Crippen LogP) is 2.18. The van der Waals surface area contributed by atoms with Crippen LogP contribution in [0.15, 0.2) is 27.6 Å². The second-order valence-corrected chi connectivity index (χ2v) is 3.88. The van der Waals surface area contributed by atoms with E-state index in [1.165, 1.54) is 0 Å². The van der Waals surface area contributed by atoms with Crippen molar-refractivity contribution in [2.75, 3.05) is 0 Å². The van der Waals surface area contributed by atoms with Crippen LogP contribution in [0.3, 0.4) is 0 Å². The fourth-order valence-electron chi connectivity index (χ4n) is 1.64. The van der Waals surface area contributed by atoms with Crippen LogP contribution in [-0.2, 0) is 12.8 Å². The lowest BCUT2D eigenvalue weighted by Gasteiger charge is -2.04. The lowest BCUT2D eigenvalue weighted by atomic mass is 10.1. The van der Waals surface area contributed by atoms with Gasteiger partial charge in [-0.1, -0.05) is 6.92 Å². The second-order valence-electron chi connectivity index (χ2n) is 3.48. The summed E-state index contributed by atoms with van der Waals surface area (Å²) in [6, 6.07) is 3.65. The lowest BCUT2D eigenvalue weighted by molar-refractivity contribution is 0.519. The number of furan rings is 1. The molecule has 2 rings (SSSR count).